The van der Waals surface area contributed by atoms with Crippen LogP contribution in [0.4, 0.5) is 0 Å². The highest BCUT2D eigenvalue weighted by Gasteiger charge is 2.09. The van der Waals surface area contributed by atoms with Crippen LogP contribution in [0.15, 0.2) is 52.8 Å². The Hall–Kier alpha value is -2.36. The van der Waals surface area contributed by atoms with Crippen LogP contribution >= 0.6 is 0 Å². The lowest BCUT2D eigenvalue weighted by molar-refractivity contribution is 0.656. The van der Waals surface area contributed by atoms with Crippen molar-refractivity contribution >= 4 is 0 Å². The van der Waals surface area contributed by atoms with Crippen molar-refractivity contribution in [1.29, 1.82) is 0 Å². The number of benzene rings is 1. The molecule has 104 valence electrons. The van der Waals surface area contributed by atoms with Crippen LogP contribution in [0.1, 0.15) is 17.5 Å². The Morgan fingerprint density at radius 2 is 1.90 bits per heavy atom. The van der Waals surface area contributed by atoms with Crippen LogP contribution in [0.2, 0.25) is 0 Å². The molecule has 0 saturated heterocycles. The van der Waals surface area contributed by atoms with E-state index in [9.17, 15) is 9.59 Å². The van der Waals surface area contributed by atoms with Crippen molar-refractivity contribution in [2.45, 2.75) is 26.8 Å². The van der Waals surface area contributed by atoms with Crippen molar-refractivity contribution in [2.24, 2.45) is 0 Å². The van der Waals surface area contributed by atoms with Gasteiger partial charge in [0.05, 0.1) is 5.69 Å². The van der Waals surface area contributed by atoms with Crippen LogP contribution in [-0.4, -0.2) is 9.13 Å². The maximum atomic E-state index is 12.2. The largest absolute Gasteiger partial charge is 0.320 e. The standard InChI is InChI=1S/C16H18N2O2/c1-4-5-9-17-10-11-18(16(20)15(17)19)14-8-6-7-12(2)13(14)3/h4,6-8,10-11H,1,5,9H2,2-3H3. The van der Waals surface area contributed by atoms with Crippen LogP contribution in [-0.2, 0) is 6.54 Å². The molecule has 0 spiro atoms. The third-order valence-corrected chi connectivity index (χ3v) is 3.47. The van der Waals surface area contributed by atoms with Gasteiger partial charge < -0.3 is 4.57 Å². The molecular formula is C16H18N2O2. The predicted molar refractivity (Wildman–Crippen MR) is 80.6 cm³/mol. The SMILES string of the molecule is C=CCCn1ccn(-c2cccc(C)c2C)c(=O)c1=O. The van der Waals surface area contributed by atoms with Gasteiger partial charge in [0.1, 0.15) is 0 Å². The Morgan fingerprint density at radius 3 is 2.60 bits per heavy atom. The summed E-state index contributed by atoms with van der Waals surface area (Å²) in [7, 11) is 0. The first-order valence-electron chi connectivity index (χ1n) is 6.56. The molecule has 0 bridgehead atoms. The van der Waals surface area contributed by atoms with Crippen molar-refractivity contribution in [3.8, 4) is 5.69 Å². The van der Waals surface area contributed by atoms with Gasteiger partial charge >= 0.3 is 11.1 Å². The van der Waals surface area contributed by atoms with Crippen LogP contribution in [0.25, 0.3) is 5.69 Å². The van der Waals surface area contributed by atoms with Crippen LogP contribution in [0, 0.1) is 13.8 Å². The summed E-state index contributed by atoms with van der Waals surface area (Å²) in [6, 6.07) is 5.71. The van der Waals surface area contributed by atoms with E-state index >= 15 is 0 Å². The molecule has 4 nitrogen and oxygen atoms in total. The van der Waals surface area contributed by atoms with Crippen LogP contribution in [0.3, 0.4) is 0 Å². The zero-order valence-corrected chi connectivity index (χ0v) is 11.8. The summed E-state index contributed by atoms with van der Waals surface area (Å²) < 4.78 is 2.83. The van der Waals surface area contributed by atoms with Gasteiger partial charge in [-0.1, -0.05) is 18.2 Å². The summed E-state index contributed by atoms with van der Waals surface area (Å²) in [6.07, 6.45) is 5.68. The van der Waals surface area contributed by atoms with Gasteiger partial charge in [-0.2, -0.15) is 0 Å². The topological polar surface area (TPSA) is 44.0 Å². The third-order valence-electron chi connectivity index (χ3n) is 3.47. The van der Waals surface area contributed by atoms with Crippen molar-refractivity contribution in [3.05, 3.63) is 75.1 Å². The van der Waals surface area contributed by atoms with Gasteiger partial charge in [0, 0.05) is 18.9 Å². The Kier molecular flexibility index (Phi) is 4.03. The first kappa shape index (κ1) is 14.1. The fourth-order valence-corrected chi connectivity index (χ4v) is 2.10. The zero-order chi connectivity index (χ0) is 14.7. The number of allylic oxidation sites excluding steroid dienone is 1. The minimum atomic E-state index is -0.523. The molecule has 4 heteroatoms. The number of rotatable bonds is 4. The summed E-state index contributed by atoms with van der Waals surface area (Å²) in [5.74, 6) is 0. The van der Waals surface area contributed by atoms with Gasteiger partial charge in [-0.05, 0) is 37.5 Å². The third kappa shape index (κ3) is 2.50. The number of hydrogen-bond acceptors (Lipinski definition) is 2. The molecule has 0 fully saturated rings. The van der Waals surface area contributed by atoms with Gasteiger partial charge in [-0.3, -0.25) is 14.2 Å². The highest BCUT2D eigenvalue weighted by molar-refractivity contribution is 5.44. The Labute approximate surface area is 117 Å². The monoisotopic (exact) mass is 270 g/mol. The fraction of sp³-hybridized carbons (Fsp3) is 0.250. The molecular weight excluding hydrogens is 252 g/mol. The van der Waals surface area contributed by atoms with Crippen molar-refractivity contribution < 1.29 is 0 Å². The summed E-state index contributed by atoms with van der Waals surface area (Å²) in [4.78, 5) is 24.3. The lowest BCUT2D eigenvalue weighted by Gasteiger charge is -2.12. The maximum absolute atomic E-state index is 12.2. The lowest BCUT2D eigenvalue weighted by Crippen LogP contribution is -2.40. The molecule has 0 radical (unpaired) electrons. The smallest absolute Gasteiger partial charge is 0.309 e. The van der Waals surface area contributed by atoms with Gasteiger partial charge in [0.2, 0.25) is 0 Å². The Bertz CT molecular complexity index is 754. The van der Waals surface area contributed by atoms with Crippen molar-refractivity contribution in [1.82, 2.24) is 9.13 Å². The highest BCUT2D eigenvalue weighted by atomic mass is 16.2. The minimum absolute atomic E-state index is 0.477. The van der Waals surface area contributed by atoms with Gasteiger partial charge in [0.15, 0.2) is 0 Å². The van der Waals surface area contributed by atoms with Crippen LogP contribution < -0.4 is 11.1 Å². The molecule has 2 aromatic rings. The lowest BCUT2D eigenvalue weighted by atomic mass is 10.1. The zero-order valence-electron chi connectivity index (χ0n) is 11.8. The molecule has 20 heavy (non-hydrogen) atoms. The molecule has 0 aliphatic heterocycles. The highest BCUT2D eigenvalue weighted by Crippen LogP contribution is 2.15. The van der Waals surface area contributed by atoms with E-state index < -0.39 is 11.1 Å². The van der Waals surface area contributed by atoms with E-state index in [1.54, 1.807) is 18.5 Å². The summed E-state index contributed by atoms with van der Waals surface area (Å²) in [5, 5.41) is 0. The molecule has 0 atom stereocenters. The second-order valence-corrected chi connectivity index (χ2v) is 4.77. The second kappa shape index (κ2) is 5.74. The number of aryl methyl sites for hydroxylation is 2. The van der Waals surface area contributed by atoms with E-state index in [2.05, 4.69) is 6.58 Å². The summed E-state index contributed by atoms with van der Waals surface area (Å²) in [5.41, 5.74) is 1.81. The minimum Gasteiger partial charge on any atom is -0.309 e. The quantitative estimate of drug-likeness (QED) is 0.631. The van der Waals surface area contributed by atoms with E-state index in [0.29, 0.717) is 13.0 Å². The van der Waals surface area contributed by atoms with E-state index in [0.717, 1.165) is 16.8 Å². The van der Waals surface area contributed by atoms with Gasteiger partial charge in [-0.15, -0.1) is 6.58 Å². The first-order valence-corrected chi connectivity index (χ1v) is 6.56. The maximum Gasteiger partial charge on any atom is 0.320 e. The average Bonchev–Trinajstić information content (AvgIpc) is 2.44. The normalized spacial score (nSPS) is 10.5. The fourth-order valence-electron chi connectivity index (χ4n) is 2.10. The van der Waals surface area contributed by atoms with Crippen molar-refractivity contribution in [2.75, 3.05) is 0 Å². The molecule has 0 aliphatic rings. The van der Waals surface area contributed by atoms with Crippen LogP contribution in [0.5, 0.6) is 0 Å². The molecule has 1 heterocycles. The molecule has 0 N–H and O–H groups in total. The Morgan fingerprint density at radius 1 is 1.15 bits per heavy atom. The molecule has 1 aromatic heterocycles. The Balaban J connectivity index is 2.57. The second-order valence-electron chi connectivity index (χ2n) is 4.77. The number of nitrogens with zero attached hydrogens (tertiary/aromatic N) is 2. The van der Waals surface area contributed by atoms with Gasteiger partial charge in [-0.25, -0.2) is 0 Å². The molecule has 0 amide bonds. The predicted octanol–water partition coefficient (Wildman–Crippen LogP) is 2.19. The van der Waals surface area contributed by atoms with E-state index in [4.69, 9.17) is 0 Å². The molecule has 1 aromatic carbocycles. The van der Waals surface area contributed by atoms with E-state index in [1.165, 1.54) is 9.13 Å². The number of aromatic nitrogens is 2. The molecule has 0 unspecified atom stereocenters. The van der Waals surface area contributed by atoms with Gasteiger partial charge in [0.25, 0.3) is 0 Å². The number of hydrogen-bond donors (Lipinski definition) is 0. The molecule has 2 rings (SSSR count). The van der Waals surface area contributed by atoms with E-state index in [-0.39, 0.29) is 0 Å². The first-order chi connectivity index (χ1) is 9.56. The average molecular weight is 270 g/mol. The van der Waals surface area contributed by atoms with Crippen molar-refractivity contribution in [3.63, 3.8) is 0 Å². The molecule has 0 aliphatic carbocycles. The summed E-state index contributed by atoms with van der Waals surface area (Å²) in [6.45, 7) is 8.02. The molecule has 0 saturated carbocycles. The van der Waals surface area contributed by atoms with E-state index in [1.807, 2.05) is 32.0 Å². The summed E-state index contributed by atoms with van der Waals surface area (Å²) >= 11 is 0.